The topological polar surface area (TPSA) is 151 Å². The van der Waals surface area contributed by atoms with Gasteiger partial charge in [-0.15, -0.1) is 11.3 Å². The molecule has 0 bridgehead atoms. The van der Waals surface area contributed by atoms with Gasteiger partial charge in [0.2, 0.25) is 17.7 Å². The van der Waals surface area contributed by atoms with Gasteiger partial charge in [0.15, 0.2) is 0 Å². The fourth-order valence-corrected chi connectivity index (χ4v) is 6.82. The molecule has 230 valence electrons. The third kappa shape index (κ3) is 5.76. The van der Waals surface area contributed by atoms with E-state index in [4.69, 9.17) is 11.6 Å². The number of benzene rings is 1. The average molecular weight is 639 g/mol. The molecule has 2 aliphatic rings. The van der Waals surface area contributed by atoms with Gasteiger partial charge >= 0.3 is 0 Å². The van der Waals surface area contributed by atoms with E-state index in [0.29, 0.717) is 28.1 Å². The van der Waals surface area contributed by atoms with Gasteiger partial charge in [0.05, 0.1) is 33.3 Å². The quantitative estimate of drug-likeness (QED) is 0.342. The Hall–Kier alpha value is -4.36. The molecule has 14 heteroatoms. The Morgan fingerprint density at radius 3 is 2.57 bits per heavy atom. The summed E-state index contributed by atoms with van der Waals surface area (Å²) < 4.78 is 2.19. The van der Waals surface area contributed by atoms with Crippen LogP contribution >= 0.6 is 22.9 Å². The zero-order valence-corrected chi connectivity index (χ0v) is 26.1. The van der Waals surface area contributed by atoms with Crippen LogP contribution in [0.25, 0.3) is 0 Å². The summed E-state index contributed by atoms with van der Waals surface area (Å²) in [4.78, 5) is 82.4. The highest BCUT2D eigenvalue weighted by Crippen LogP contribution is 2.37. The number of piperidine rings is 1. The van der Waals surface area contributed by atoms with Gasteiger partial charge in [-0.25, -0.2) is 0 Å². The number of aromatic nitrogens is 2. The van der Waals surface area contributed by atoms with Crippen molar-refractivity contribution >= 4 is 58.4 Å². The third-order valence-corrected chi connectivity index (χ3v) is 8.76. The molecule has 0 aliphatic carbocycles. The molecule has 2 unspecified atom stereocenters. The van der Waals surface area contributed by atoms with Gasteiger partial charge in [0.1, 0.15) is 12.1 Å². The normalized spacial score (nSPS) is 17.1. The molecule has 0 spiro atoms. The second-order valence-corrected chi connectivity index (χ2v) is 13.0. The number of hydrogen-bond donors (Lipinski definition) is 2. The summed E-state index contributed by atoms with van der Waals surface area (Å²) in [6.07, 6.45) is 1.73. The van der Waals surface area contributed by atoms with Gasteiger partial charge in [-0.3, -0.25) is 43.7 Å². The largest absolute Gasteiger partial charge is 0.357 e. The molecule has 2 atom stereocenters. The van der Waals surface area contributed by atoms with Crippen LogP contribution in [0.15, 0.2) is 36.5 Å². The first-order valence-electron chi connectivity index (χ1n) is 14.1. The Morgan fingerprint density at radius 2 is 1.93 bits per heavy atom. The number of amides is 6. The number of thiophene rings is 1. The number of aryl methyl sites for hydroxylation is 1. The number of carbonyl (C=O) groups is 6. The summed E-state index contributed by atoms with van der Waals surface area (Å²) in [5.41, 5.74) is 0.697. The smallest absolute Gasteiger partial charge is 0.263 e. The number of likely N-dealkylation sites (N-methyl/N-ethyl adjacent to an activating group) is 1. The SMILES string of the molecule is CNC(=O)C(c1cc(Cl)sc1C)N(Cc1ccn(CC(C)C)n1)C(=O)c1cccc2c1C(=O)N(C1CCC(=O)NC1=O)C2=O. The van der Waals surface area contributed by atoms with E-state index in [2.05, 4.69) is 15.7 Å². The summed E-state index contributed by atoms with van der Waals surface area (Å²) in [5, 5.41) is 9.41. The van der Waals surface area contributed by atoms with Crippen LogP contribution < -0.4 is 10.6 Å². The van der Waals surface area contributed by atoms with Gasteiger partial charge in [0, 0.05) is 31.1 Å². The average Bonchev–Trinajstić information content (AvgIpc) is 3.63. The first-order valence-corrected chi connectivity index (χ1v) is 15.3. The molecular formula is C30H31ClN6O6S. The number of imide groups is 2. The molecule has 4 heterocycles. The molecular weight excluding hydrogens is 608 g/mol. The van der Waals surface area contributed by atoms with Gasteiger partial charge in [-0.2, -0.15) is 5.10 Å². The lowest BCUT2D eigenvalue weighted by molar-refractivity contribution is -0.136. The van der Waals surface area contributed by atoms with Crippen molar-refractivity contribution in [3.63, 3.8) is 0 Å². The van der Waals surface area contributed by atoms with E-state index in [9.17, 15) is 28.8 Å². The number of rotatable bonds is 9. The first kappa shape index (κ1) is 31.1. The maximum Gasteiger partial charge on any atom is 0.263 e. The molecule has 1 fully saturated rings. The molecule has 1 saturated heterocycles. The third-order valence-electron chi connectivity index (χ3n) is 7.57. The molecule has 6 amide bonds. The van der Waals surface area contributed by atoms with Crippen LogP contribution in [-0.4, -0.2) is 68.1 Å². The van der Waals surface area contributed by atoms with Crippen molar-refractivity contribution < 1.29 is 28.8 Å². The molecule has 5 rings (SSSR count). The van der Waals surface area contributed by atoms with Crippen LogP contribution in [0.2, 0.25) is 4.34 Å². The molecule has 2 aliphatic heterocycles. The van der Waals surface area contributed by atoms with Crippen molar-refractivity contribution in [3.05, 3.63) is 73.7 Å². The van der Waals surface area contributed by atoms with E-state index < -0.39 is 47.5 Å². The predicted octanol–water partition coefficient (Wildman–Crippen LogP) is 3.09. The van der Waals surface area contributed by atoms with E-state index in [-0.39, 0.29) is 36.1 Å². The van der Waals surface area contributed by atoms with Crippen molar-refractivity contribution in [2.45, 2.75) is 58.8 Å². The fraction of sp³-hybridized carbons (Fsp3) is 0.367. The number of hydrogen-bond acceptors (Lipinski definition) is 8. The van der Waals surface area contributed by atoms with Crippen LogP contribution in [0.1, 0.15) is 79.9 Å². The number of halogens is 1. The Morgan fingerprint density at radius 1 is 1.18 bits per heavy atom. The number of nitrogens with zero attached hydrogens (tertiary/aromatic N) is 4. The lowest BCUT2D eigenvalue weighted by Crippen LogP contribution is -2.54. The van der Waals surface area contributed by atoms with E-state index >= 15 is 0 Å². The van der Waals surface area contributed by atoms with Crippen LogP contribution in [-0.2, 0) is 27.5 Å². The molecule has 3 aromatic rings. The Kier molecular flexibility index (Phi) is 8.71. The zero-order chi connectivity index (χ0) is 31.9. The van der Waals surface area contributed by atoms with Gasteiger partial charge in [0.25, 0.3) is 17.7 Å². The molecule has 1 aromatic carbocycles. The molecule has 44 heavy (non-hydrogen) atoms. The minimum atomic E-state index is -1.20. The maximum absolute atomic E-state index is 14.6. The molecule has 2 N–H and O–H groups in total. The highest BCUT2D eigenvalue weighted by atomic mass is 35.5. The Balaban J connectivity index is 1.59. The first-order chi connectivity index (χ1) is 20.9. The van der Waals surface area contributed by atoms with Crippen molar-refractivity contribution in [2.24, 2.45) is 5.92 Å². The second-order valence-electron chi connectivity index (χ2n) is 11.1. The van der Waals surface area contributed by atoms with Crippen molar-refractivity contribution in [3.8, 4) is 0 Å². The lowest BCUT2D eigenvalue weighted by atomic mass is 9.99. The summed E-state index contributed by atoms with van der Waals surface area (Å²) in [6.45, 7) is 6.44. The van der Waals surface area contributed by atoms with E-state index in [0.717, 1.165) is 9.78 Å². The zero-order valence-electron chi connectivity index (χ0n) is 24.5. The van der Waals surface area contributed by atoms with Crippen LogP contribution in [0.5, 0.6) is 0 Å². The number of carbonyl (C=O) groups excluding carboxylic acids is 6. The molecule has 0 radical (unpaired) electrons. The molecule has 2 aromatic heterocycles. The minimum absolute atomic E-state index is 0.0263. The predicted molar refractivity (Wildman–Crippen MR) is 161 cm³/mol. The van der Waals surface area contributed by atoms with E-state index in [1.165, 1.54) is 41.5 Å². The highest BCUT2D eigenvalue weighted by molar-refractivity contribution is 7.16. The molecule has 0 saturated carbocycles. The monoisotopic (exact) mass is 638 g/mol. The van der Waals surface area contributed by atoms with Crippen LogP contribution in [0.3, 0.4) is 0 Å². The van der Waals surface area contributed by atoms with Gasteiger partial charge < -0.3 is 10.2 Å². The number of nitrogens with one attached hydrogen (secondary N) is 2. The minimum Gasteiger partial charge on any atom is -0.357 e. The van der Waals surface area contributed by atoms with E-state index in [1.54, 1.807) is 29.9 Å². The van der Waals surface area contributed by atoms with Crippen LogP contribution in [0, 0.1) is 12.8 Å². The number of fused-ring (bicyclic) bond motifs is 1. The van der Waals surface area contributed by atoms with Crippen LogP contribution in [0.4, 0.5) is 0 Å². The van der Waals surface area contributed by atoms with Gasteiger partial charge in [-0.05, 0) is 49.1 Å². The summed E-state index contributed by atoms with van der Waals surface area (Å²) in [6, 6.07) is 5.34. The Labute approximate surface area is 262 Å². The summed E-state index contributed by atoms with van der Waals surface area (Å²) >= 11 is 7.59. The van der Waals surface area contributed by atoms with E-state index in [1.807, 2.05) is 13.8 Å². The highest BCUT2D eigenvalue weighted by Gasteiger charge is 2.47. The molecule has 12 nitrogen and oxygen atoms in total. The fourth-order valence-electron chi connectivity index (χ4n) is 5.58. The summed E-state index contributed by atoms with van der Waals surface area (Å²) in [7, 11) is 1.46. The van der Waals surface area contributed by atoms with Crippen molar-refractivity contribution in [1.82, 2.24) is 30.2 Å². The second kappa shape index (κ2) is 12.3. The Bertz CT molecular complexity index is 1700. The lowest BCUT2D eigenvalue weighted by Gasteiger charge is -2.31. The van der Waals surface area contributed by atoms with Gasteiger partial charge in [-0.1, -0.05) is 31.5 Å². The van der Waals surface area contributed by atoms with Crippen molar-refractivity contribution in [1.29, 1.82) is 0 Å². The van der Waals surface area contributed by atoms with Crippen molar-refractivity contribution in [2.75, 3.05) is 7.05 Å². The standard InChI is InChI=1S/C30H31ClN6O6S/c1-15(2)13-35-11-10-17(34-35)14-36(25(27(40)32-4)20-12-22(31)44-16(20)3)28(41)18-6-5-7-19-24(18)30(43)37(29(19)42)21-8-9-23(38)33-26(21)39/h5-7,10-12,15,21,25H,8-9,13-14H2,1-4H3,(H,32,40)(H,33,38,39). The maximum atomic E-state index is 14.6. The summed E-state index contributed by atoms with van der Waals surface area (Å²) in [5.74, 6) is -3.68.